The van der Waals surface area contributed by atoms with Gasteiger partial charge in [0, 0.05) is 96.6 Å². The van der Waals surface area contributed by atoms with Gasteiger partial charge >= 0.3 is 7.12 Å². The molecule has 0 bridgehead atoms. The van der Waals surface area contributed by atoms with Crippen LogP contribution in [0.15, 0.2) is 374 Å². The first kappa shape index (κ1) is 78.3. The number of ether oxygens (including phenoxy) is 1. The highest BCUT2D eigenvalue weighted by Gasteiger charge is 2.51. The molecule has 7 heterocycles. The molecule has 1 saturated heterocycles. The van der Waals surface area contributed by atoms with E-state index >= 15 is 0 Å². The molecular weight excluding hydrogens is 1620 g/mol. The fraction of sp³-hybridized carbons (Fsp3) is 0.0769. The van der Waals surface area contributed by atoms with E-state index < -0.39 is 0 Å². The van der Waals surface area contributed by atoms with Gasteiger partial charge in [0.05, 0.1) is 33.3 Å². The molecule has 0 unspecified atom stereocenters. The van der Waals surface area contributed by atoms with Crippen molar-refractivity contribution in [3.63, 3.8) is 0 Å². The molecule has 0 atom stereocenters. The van der Waals surface area contributed by atoms with Crippen molar-refractivity contribution in [2.75, 3.05) is 16.4 Å². The third-order valence-electron chi connectivity index (χ3n) is 22.7. The van der Waals surface area contributed by atoms with E-state index in [1.807, 2.05) is 150 Å². The average molecular weight is 1700 g/mol. The highest BCUT2D eigenvalue weighted by atomic mass is 79.9. The maximum Gasteiger partial charge on any atom is 0.494 e. The minimum atomic E-state index is -0.300. The lowest BCUT2D eigenvalue weighted by molar-refractivity contribution is 0.00578. The molecule has 20 aromatic rings. The lowest BCUT2D eigenvalue weighted by atomic mass is 9.79. The lowest BCUT2D eigenvalue weighted by Gasteiger charge is -2.33. The lowest BCUT2D eigenvalue weighted by Crippen LogP contribution is -2.41. The van der Waals surface area contributed by atoms with Crippen LogP contribution in [-0.2, 0) is 22.2 Å². The van der Waals surface area contributed by atoms with Crippen LogP contribution in [0.4, 0.5) is 28.4 Å². The summed E-state index contributed by atoms with van der Waals surface area (Å²) in [5, 5.41) is 13.9. The Bertz CT molecular complexity index is 6920. The van der Waals surface area contributed by atoms with E-state index in [0.29, 0.717) is 0 Å². The zero-order valence-corrected chi connectivity index (χ0v) is 70.0. The molecule has 17 heteroatoms. The molecular formula is C104H80BBr2N11O3. The molecule has 14 nitrogen and oxygen atoms in total. The Morgan fingerprint density at radius 2 is 0.636 bits per heavy atom. The first-order valence-electron chi connectivity index (χ1n) is 40.0. The zero-order valence-electron chi connectivity index (χ0n) is 66.8. The van der Waals surface area contributed by atoms with Gasteiger partial charge in [-0.15, -0.1) is 0 Å². The van der Waals surface area contributed by atoms with Crippen LogP contribution in [0.3, 0.4) is 0 Å². The molecule has 586 valence electrons. The molecule has 0 radical (unpaired) electrons. The van der Waals surface area contributed by atoms with Crippen molar-refractivity contribution in [1.82, 2.24) is 39.9 Å². The van der Waals surface area contributed by atoms with Crippen LogP contribution in [0, 0.1) is 0 Å². The van der Waals surface area contributed by atoms with E-state index in [-0.39, 0.29) is 18.3 Å². The topological polar surface area (TPSA) is 186 Å². The number of aromatic nitrogens is 8. The smallest absolute Gasteiger partial charge is 0.457 e. The number of para-hydroxylation sites is 4. The number of hydrogen-bond donors (Lipinski definition) is 2. The van der Waals surface area contributed by atoms with Crippen LogP contribution < -0.4 is 26.6 Å². The molecule has 0 saturated carbocycles. The summed E-state index contributed by atoms with van der Waals surface area (Å²) >= 11 is 7.04. The number of nitrogens with zero attached hydrogens (tertiary/aromatic N) is 9. The van der Waals surface area contributed by atoms with Crippen LogP contribution in [0.1, 0.15) is 49.9 Å². The molecule has 16 aromatic carbocycles. The largest absolute Gasteiger partial charge is 0.494 e. The van der Waals surface area contributed by atoms with Gasteiger partial charge < -0.3 is 30.4 Å². The summed E-state index contributed by atoms with van der Waals surface area (Å²) in [4.78, 5) is 36.6. The number of nitrogen functional groups attached to an aromatic ring is 2. The molecule has 23 rings (SSSR count). The summed E-state index contributed by atoms with van der Waals surface area (Å²) in [5.74, 6) is 1.98. The van der Waals surface area contributed by atoms with E-state index in [1.165, 1.54) is 99.0 Å². The van der Waals surface area contributed by atoms with Crippen molar-refractivity contribution in [1.29, 1.82) is 0 Å². The standard InChI is InChI=1S/C31H21N3.C18H11BrN2.C18H13N3.C13H10O.C12H18BNO2.C12H7BrN2/c1-5-11-30-22(7-1)17-23-8-2-6-12-31(23)34(30)24-15-13-21(14-16-24)27-18-29-28(19-32-20-33-29)26-10-4-3-9-25(26)27;2*19-13-7-5-12(6-8-13)16-9-18-17(10-20-11-21-18)15-4-2-1-3-14(15)16;1-3-7-12-10(5-1)9-11-6-2-4-8-13(11)14-12;1-11(2)12(3,4)16-13(15-11)9-5-7-10(14)8-6-9;13-11-5-12-10(6-14-7-15-12)8-3-1-2-4-9(8)11/h1-16,18-20H,17H2;1-11H;1-11H,19H2;1-8H,9H2;5-8H,14H2,1-4H3;1-7H. The Hall–Kier alpha value is -13.9. The van der Waals surface area contributed by atoms with Gasteiger partial charge in [-0.05, 0) is 229 Å². The van der Waals surface area contributed by atoms with Gasteiger partial charge in [0.2, 0.25) is 0 Å². The number of nitrogens with two attached hydrogens (primary N) is 2. The summed E-state index contributed by atoms with van der Waals surface area (Å²) in [6, 6.07) is 109. The zero-order chi connectivity index (χ0) is 82.6. The van der Waals surface area contributed by atoms with Crippen LogP contribution in [0.25, 0.3) is 120 Å². The third-order valence-corrected chi connectivity index (χ3v) is 23.9. The van der Waals surface area contributed by atoms with E-state index in [4.69, 9.17) is 25.5 Å². The maximum absolute atomic E-state index is 5.93. The minimum Gasteiger partial charge on any atom is -0.457 e. The first-order valence-corrected chi connectivity index (χ1v) is 41.6. The number of halogens is 2. The maximum atomic E-state index is 5.93. The van der Waals surface area contributed by atoms with Gasteiger partial charge in [-0.2, -0.15) is 0 Å². The van der Waals surface area contributed by atoms with Crippen molar-refractivity contribution in [3.8, 4) is 44.9 Å². The summed E-state index contributed by atoms with van der Waals surface area (Å²) in [6.07, 6.45) is 15.8. The van der Waals surface area contributed by atoms with E-state index in [2.05, 4.69) is 295 Å². The van der Waals surface area contributed by atoms with Gasteiger partial charge in [0.15, 0.2) is 0 Å². The van der Waals surface area contributed by atoms with Crippen molar-refractivity contribution in [3.05, 3.63) is 397 Å². The molecule has 1 fully saturated rings. The summed E-state index contributed by atoms with van der Waals surface area (Å²) in [7, 11) is -0.300. The van der Waals surface area contributed by atoms with E-state index in [0.717, 1.165) is 111 Å². The fourth-order valence-corrected chi connectivity index (χ4v) is 16.7. The van der Waals surface area contributed by atoms with Gasteiger partial charge in [0.1, 0.15) is 36.8 Å². The second-order valence-corrected chi connectivity index (χ2v) is 32.6. The van der Waals surface area contributed by atoms with Crippen LogP contribution >= 0.6 is 31.9 Å². The molecule has 3 aliphatic rings. The van der Waals surface area contributed by atoms with Gasteiger partial charge in [-0.1, -0.05) is 250 Å². The number of anilines is 5. The van der Waals surface area contributed by atoms with Crippen LogP contribution in [0.2, 0.25) is 0 Å². The monoisotopic (exact) mass is 1700 g/mol. The predicted octanol–water partition coefficient (Wildman–Crippen LogP) is 25.6. The quantitative estimate of drug-likeness (QED) is 0.0941. The molecule has 121 heavy (non-hydrogen) atoms. The van der Waals surface area contributed by atoms with Gasteiger partial charge in [-0.25, -0.2) is 39.9 Å². The van der Waals surface area contributed by atoms with Crippen LogP contribution in [0.5, 0.6) is 11.5 Å². The van der Waals surface area contributed by atoms with Gasteiger partial charge in [-0.3, -0.25) is 0 Å². The van der Waals surface area contributed by atoms with Crippen molar-refractivity contribution in [2.24, 2.45) is 0 Å². The third kappa shape index (κ3) is 16.3. The molecule has 0 aliphatic carbocycles. The highest BCUT2D eigenvalue weighted by Crippen LogP contribution is 2.46. The predicted molar refractivity (Wildman–Crippen MR) is 504 cm³/mol. The Kier molecular flexibility index (Phi) is 22.1. The Morgan fingerprint density at radius 1 is 0.322 bits per heavy atom. The van der Waals surface area contributed by atoms with Crippen molar-refractivity contribution >= 4 is 160 Å². The minimum absolute atomic E-state index is 0.293. The van der Waals surface area contributed by atoms with Gasteiger partial charge in [0.25, 0.3) is 0 Å². The Morgan fingerprint density at radius 3 is 1.05 bits per heavy atom. The Labute approximate surface area is 718 Å². The molecule has 4 N–H and O–H groups in total. The SMILES string of the molecule is Brc1cc2ncncc2c2ccccc12.Brc1ccc(-c2cc3ncncc3c3ccccc23)cc1.CC1(C)OB(c2ccc(N)cc2)OC1(C)C.Nc1ccc(-c2cc3ncncc3c3ccccc23)cc1.c1ccc2c(c1)Cc1ccccc1N2c1ccc(-c2cc3ncncc3c3ccccc23)cc1.c1ccc2c(c1)Cc1ccccc1O2. The number of rotatable bonds is 5. The summed E-state index contributed by atoms with van der Waals surface area (Å²) in [5.41, 5.74) is 33.2. The molecule has 3 aliphatic heterocycles. The second-order valence-electron chi connectivity index (χ2n) is 30.8. The highest BCUT2D eigenvalue weighted by molar-refractivity contribution is 9.11. The van der Waals surface area contributed by atoms with Crippen molar-refractivity contribution in [2.45, 2.75) is 51.7 Å². The van der Waals surface area contributed by atoms with Crippen LogP contribution in [-0.4, -0.2) is 58.2 Å². The number of fused-ring (bicyclic) bond motifs is 16. The number of hydrogen-bond acceptors (Lipinski definition) is 14. The first-order chi connectivity index (χ1) is 59.1. The fourth-order valence-electron chi connectivity index (χ4n) is 15.9. The number of benzene rings is 16. The molecule has 0 spiro atoms. The summed E-state index contributed by atoms with van der Waals surface area (Å²) in [6.45, 7) is 8.18. The second kappa shape index (κ2) is 34.2. The summed E-state index contributed by atoms with van der Waals surface area (Å²) < 4.78 is 19.8. The molecule has 4 aromatic heterocycles. The Balaban J connectivity index is 0.000000103. The van der Waals surface area contributed by atoms with E-state index in [1.54, 1.807) is 25.3 Å². The average Bonchev–Trinajstić information content (AvgIpc) is 1.74. The van der Waals surface area contributed by atoms with E-state index in [9.17, 15) is 0 Å². The molecule has 0 amide bonds. The normalized spacial score (nSPS) is 13.1. The van der Waals surface area contributed by atoms with Crippen molar-refractivity contribution < 1.29 is 14.0 Å².